The lowest BCUT2D eigenvalue weighted by atomic mass is 9.47. The summed E-state index contributed by atoms with van der Waals surface area (Å²) in [6.07, 6.45) is 15.4. The van der Waals surface area contributed by atoms with E-state index in [4.69, 9.17) is 14.6 Å². The molecular weight excluding hydrogens is 450 g/mol. The van der Waals surface area contributed by atoms with Gasteiger partial charge in [0.2, 0.25) is 0 Å². The summed E-state index contributed by atoms with van der Waals surface area (Å²) in [5.41, 5.74) is 3.12. The summed E-state index contributed by atoms with van der Waals surface area (Å²) < 4.78 is 13.1. The molecule has 0 aromatic carbocycles. The molecule has 2 heterocycles. The lowest BCUT2D eigenvalue weighted by Gasteiger charge is -2.60. The first kappa shape index (κ1) is 23.4. The minimum absolute atomic E-state index is 0.113. The molecule has 5 saturated carbocycles. The number of aliphatic hydroxyl groups excluding tert-OH is 2. The first-order valence-corrected chi connectivity index (χ1v) is 15.4. The minimum Gasteiger partial charge on any atom is -0.394 e. The number of ether oxygens (including phenoxy) is 2. The number of piperidine rings is 1. The summed E-state index contributed by atoms with van der Waals surface area (Å²) in [4.78, 5) is 2.73. The van der Waals surface area contributed by atoms with Gasteiger partial charge in [-0.15, -0.1) is 0 Å². The smallest absolute Gasteiger partial charge is 0.0793 e. The zero-order chi connectivity index (χ0) is 24.5. The minimum atomic E-state index is -0.205. The molecule has 0 aromatic rings. The van der Waals surface area contributed by atoms with Crippen molar-refractivity contribution in [2.75, 3.05) is 32.9 Å². The zero-order valence-corrected chi connectivity index (χ0v) is 22.5. The van der Waals surface area contributed by atoms with E-state index in [-0.39, 0.29) is 18.3 Å². The lowest BCUT2D eigenvalue weighted by molar-refractivity contribution is -0.211. The molecule has 0 aromatic heterocycles. The van der Waals surface area contributed by atoms with Crippen molar-refractivity contribution in [2.24, 2.45) is 45.8 Å². The molecule has 12 atom stereocenters. The molecule has 3 spiro atoms. The normalized spacial score (nSPS) is 58.3. The molecule has 200 valence electrons. The van der Waals surface area contributed by atoms with E-state index in [1.54, 1.807) is 5.57 Å². The number of nitrogens with zero attached hydrogens (tertiary/aromatic N) is 1. The Kier molecular flexibility index (Phi) is 4.94. The molecule has 2 aliphatic heterocycles. The second-order valence-corrected chi connectivity index (χ2v) is 14.8. The molecule has 8 aliphatic rings. The fraction of sp³-hybridized carbons (Fsp3) is 0.935. The third kappa shape index (κ3) is 2.66. The van der Waals surface area contributed by atoms with E-state index in [0.717, 1.165) is 37.3 Å². The van der Waals surface area contributed by atoms with Crippen molar-refractivity contribution in [3.63, 3.8) is 0 Å². The Morgan fingerprint density at radius 2 is 2.00 bits per heavy atom. The van der Waals surface area contributed by atoms with Crippen LogP contribution in [-0.2, 0) is 9.47 Å². The van der Waals surface area contributed by atoms with Crippen molar-refractivity contribution in [2.45, 2.75) is 102 Å². The molecule has 36 heavy (non-hydrogen) atoms. The Hall–Kier alpha value is -0.460. The van der Waals surface area contributed by atoms with Gasteiger partial charge in [-0.2, -0.15) is 0 Å². The molecule has 5 heteroatoms. The molecule has 0 bridgehead atoms. The van der Waals surface area contributed by atoms with Crippen molar-refractivity contribution in [3.8, 4) is 0 Å². The average molecular weight is 498 g/mol. The van der Waals surface area contributed by atoms with Crippen LogP contribution in [0.25, 0.3) is 0 Å². The SMILES string of the molecule is C[C@H]1C[C@H]2O[C@@]34CC[C@H]5C6CCC7=C[C@@H](O)CCC7(C)[C@H]6CC56CC63C[C@@H]4[C@@H]2N(CCOCCO)C1. The molecule has 0 radical (unpaired) electrons. The van der Waals surface area contributed by atoms with E-state index < -0.39 is 0 Å². The number of rotatable bonds is 5. The van der Waals surface area contributed by atoms with Crippen molar-refractivity contribution in [3.05, 3.63) is 11.6 Å². The quantitative estimate of drug-likeness (QED) is 0.441. The Morgan fingerprint density at radius 3 is 2.86 bits per heavy atom. The first-order chi connectivity index (χ1) is 17.4. The number of fused-ring (bicyclic) bond motifs is 6. The van der Waals surface area contributed by atoms with Gasteiger partial charge in [-0.05, 0) is 98.7 Å². The zero-order valence-electron chi connectivity index (χ0n) is 22.5. The van der Waals surface area contributed by atoms with Gasteiger partial charge in [-0.1, -0.05) is 25.5 Å². The fourth-order valence-corrected chi connectivity index (χ4v) is 12.5. The van der Waals surface area contributed by atoms with Gasteiger partial charge in [0.05, 0.1) is 37.6 Å². The highest BCUT2D eigenvalue weighted by atomic mass is 16.5. The number of aliphatic hydroxyl groups is 2. The number of hydrogen-bond donors (Lipinski definition) is 2. The van der Waals surface area contributed by atoms with E-state index in [2.05, 4.69) is 24.8 Å². The van der Waals surface area contributed by atoms with Gasteiger partial charge in [0.25, 0.3) is 0 Å². The highest BCUT2D eigenvalue weighted by molar-refractivity contribution is 5.41. The Labute approximate surface area is 217 Å². The van der Waals surface area contributed by atoms with E-state index in [1.807, 2.05) is 0 Å². The number of hydrogen-bond acceptors (Lipinski definition) is 5. The topological polar surface area (TPSA) is 62.2 Å². The van der Waals surface area contributed by atoms with Crippen molar-refractivity contribution in [1.29, 1.82) is 0 Å². The van der Waals surface area contributed by atoms with E-state index in [0.29, 0.717) is 46.8 Å². The Bertz CT molecular complexity index is 968. The van der Waals surface area contributed by atoms with Crippen LogP contribution >= 0.6 is 0 Å². The van der Waals surface area contributed by atoms with Gasteiger partial charge >= 0.3 is 0 Å². The third-order valence-corrected chi connectivity index (χ3v) is 13.7. The molecule has 2 N–H and O–H groups in total. The van der Waals surface area contributed by atoms with Crippen molar-refractivity contribution < 1.29 is 19.7 Å². The van der Waals surface area contributed by atoms with Gasteiger partial charge < -0.3 is 19.7 Å². The molecule has 2 saturated heterocycles. The van der Waals surface area contributed by atoms with E-state index in [9.17, 15) is 5.11 Å². The van der Waals surface area contributed by atoms with Gasteiger partial charge in [-0.3, -0.25) is 4.90 Å². The molecule has 4 unspecified atom stereocenters. The van der Waals surface area contributed by atoms with Gasteiger partial charge in [0, 0.05) is 30.5 Å². The Balaban J connectivity index is 1.07. The highest BCUT2D eigenvalue weighted by Gasteiger charge is 2.91. The van der Waals surface area contributed by atoms with Crippen molar-refractivity contribution in [1.82, 2.24) is 4.90 Å². The molecule has 6 aliphatic carbocycles. The monoisotopic (exact) mass is 497 g/mol. The molecule has 8 rings (SSSR count). The molecular formula is C31H47NO4. The summed E-state index contributed by atoms with van der Waals surface area (Å²) in [7, 11) is 0. The summed E-state index contributed by atoms with van der Waals surface area (Å²) in [6, 6.07) is 0.578. The molecule has 7 fully saturated rings. The van der Waals surface area contributed by atoms with Gasteiger partial charge in [0.15, 0.2) is 0 Å². The molecule has 5 nitrogen and oxygen atoms in total. The van der Waals surface area contributed by atoms with Crippen LogP contribution in [0.1, 0.15) is 78.1 Å². The van der Waals surface area contributed by atoms with Crippen LogP contribution in [0.4, 0.5) is 0 Å². The largest absolute Gasteiger partial charge is 0.394 e. The average Bonchev–Trinajstić information content (AvgIpc) is 3.33. The van der Waals surface area contributed by atoms with Crippen LogP contribution < -0.4 is 0 Å². The molecule has 0 amide bonds. The maximum atomic E-state index is 10.4. The second-order valence-electron chi connectivity index (χ2n) is 14.8. The summed E-state index contributed by atoms with van der Waals surface area (Å²) in [5.74, 6) is 4.05. The summed E-state index contributed by atoms with van der Waals surface area (Å²) >= 11 is 0. The number of allylic oxidation sites excluding steroid dienone is 1. The van der Waals surface area contributed by atoms with Crippen molar-refractivity contribution >= 4 is 0 Å². The summed E-state index contributed by atoms with van der Waals surface area (Å²) in [5, 5.41) is 19.5. The maximum absolute atomic E-state index is 10.4. The summed E-state index contributed by atoms with van der Waals surface area (Å²) in [6.45, 7) is 8.41. The first-order valence-electron chi connectivity index (χ1n) is 15.4. The number of likely N-dealkylation sites (tertiary alicyclic amines) is 1. The van der Waals surface area contributed by atoms with E-state index >= 15 is 0 Å². The Morgan fingerprint density at radius 1 is 1.11 bits per heavy atom. The van der Waals surface area contributed by atoms with Gasteiger partial charge in [0.1, 0.15) is 0 Å². The van der Waals surface area contributed by atoms with E-state index in [1.165, 1.54) is 64.3 Å². The predicted molar refractivity (Wildman–Crippen MR) is 137 cm³/mol. The van der Waals surface area contributed by atoms with Crippen LogP contribution in [0.3, 0.4) is 0 Å². The lowest BCUT2D eigenvalue weighted by Crippen LogP contribution is -2.64. The third-order valence-electron chi connectivity index (χ3n) is 13.7. The van der Waals surface area contributed by atoms with Crippen LogP contribution in [-0.4, -0.2) is 71.9 Å². The fourth-order valence-electron chi connectivity index (χ4n) is 12.5. The highest BCUT2D eigenvalue weighted by Crippen LogP contribution is 2.93. The maximum Gasteiger partial charge on any atom is 0.0793 e. The van der Waals surface area contributed by atoms with Crippen LogP contribution in [0.5, 0.6) is 0 Å². The second kappa shape index (κ2) is 7.59. The van der Waals surface area contributed by atoms with Crippen LogP contribution in [0.15, 0.2) is 11.6 Å². The van der Waals surface area contributed by atoms with Crippen LogP contribution in [0, 0.1) is 45.8 Å². The standard InChI is InChI=1S/C31H47NO4/c1-19-13-26-27(32(17-19)9-11-35-12-10-33)25-16-30-18-29(30)15-24-22(23(29)6-8-31(25,30)36-26)4-3-20-14-21(34)5-7-28(20,24)2/h14,19,21-27,33-34H,3-13,15-18H2,1-2H3/t19-,21-,22?,23-,24-,25+,26+,27-,28?,29?,30?,31+/m0/s1. The van der Waals surface area contributed by atoms with Crippen LogP contribution in [0.2, 0.25) is 0 Å². The predicted octanol–water partition coefficient (Wildman–Crippen LogP) is 4.17. The van der Waals surface area contributed by atoms with Gasteiger partial charge in [-0.25, -0.2) is 0 Å².